The lowest BCUT2D eigenvalue weighted by atomic mass is 10.1. The van der Waals surface area contributed by atoms with E-state index in [4.69, 9.17) is 0 Å². The summed E-state index contributed by atoms with van der Waals surface area (Å²) in [5.74, 6) is -1.29. The number of aliphatic hydroxyl groups excluding tert-OH is 1. The first-order valence-corrected chi connectivity index (χ1v) is 11.5. The molecule has 1 aliphatic rings. The van der Waals surface area contributed by atoms with Gasteiger partial charge in [-0.2, -0.15) is 13.2 Å². The molecule has 0 bridgehead atoms. The number of nitrogens with zero attached hydrogens (tertiary/aromatic N) is 6. The molecular formula is C24H24F3N7O4. The molecule has 1 aliphatic heterocycles. The lowest BCUT2D eigenvalue weighted by molar-refractivity contribution is -0.138. The Morgan fingerprint density at radius 2 is 1.92 bits per heavy atom. The smallest absolute Gasteiger partial charge is 0.356 e. The minimum Gasteiger partial charge on any atom is -0.356 e. The van der Waals surface area contributed by atoms with E-state index in [1.165, 1.54) is 54.2 Å². The highest BCUT2D eigenvalue weighted by molar-refractivity contribution is 6.02. The number of aliphatic hydroxyl groups is 1. The van der Waals surface area contributed by atoms with Crippen LogP contribution < -0.4 is 10.2 Å². The van der Waals surface area contributed by atoms with Gasteiger partial charge in [0, 0.05) is 30.9 Å². The molecule has 0 aliphatic carbocycles. The Bertz CT molecular complexity index is 1410. The zero-order valence-electron chi connectivity index (χ0n) is 20.7. The van der Waals surface area contributed by atoms with E-state index in [0.29, 0.717) is 0 Å². The predicted octanol–water partition coefficient (Wildman–Crippen LogP) is 2.45. The fourth-order valence-electron chi connectivity index (χ4n) is 3.95. The van der Waals surface area contributed by atoms with E-state index in [1.807, 2.05) is 0 Å². The van der Waals surface area contributed by atoms with Gasteiger partial charge >= 0.3 is 6.18 Å². The van der Waals surface area contributed by atoms with Crippen LogP contribution in [-0.2, 0) is 22.3 Å². The lowest BCUT2D eigenvalue weighted by Gasteiger charge is -2.38. The summed E-state index contributed by atoms with van der Waals surface area (Å²) in [5.41, 5.74) is -0.742. The summed E-state index contributed by atoms with van der Waals surface area (Å²) in [5, 5.41) is 13.0. The molecule has 0 saturated carbocycles. The van der Waals surface area contributed by atoms with Crippen molar-refractivity contribution in [1.29, 1.82) is 0 Å². The molecule has 3 aromatic heterocycles. The first-order chi connectivity index (χ1) is 17.9. The van der Waals surface area contributed by atoms with Crippen LogP contribution in [-0.4, -0.2) is 67.1 Å². The Morgan fingerprint density at radius 3 is 2.61 bits per heavy atom. The molecule has 0 spiro atoms. The third-order valence-corrected chi connectivity index (χ3v) is 6.00. The molecule has 0 fully saturated rings. The highest BCUT2D eigenvalue weighted by atomic mass is 19.4. The average molecular weight is 531 g/mol. The Labute approximate surface area is 214 Å². The van der Waals surface area contributed by atoms with Crippen LogP contribution in [0.2, 0.25) is 0 Å². The molecule has 38 heavy (non-hydrogen) atoms. The topological polar surface area (TPSA) is 134 Å². The van der Waals surface area contributed by atoms with Crippen molar-refractivity contribution in [3.05, 3.63) is 53.7 Å². The first-order valence-electron chi connectivity index (χ1n) is 11.5. The van der Waals surface area contributed by atoms with Gasteiger partial charge in [-0.05, 0) is 25.1 Å². The molecule has 14 heteroatoms. The molecule has 2 N–H and O–H groups in total. The number of fused-ring (bicyclic) bond motifs is 1. The SMILES string of the molecule is CCC(=O)CN1C(=O)c2c(ncn2CC(=O)Nc2cccc(-c3cnc(C)c(C(F)(F)F)c3)n2)N(C)C1O. The van der Waals surface area contributed by atoms with E-state index >= 15 is 0 Å². The van der Waals surface area contributed by atoms with Gasteiger partial charge in [-0.25, -0.2) is 9.97 Å². The number of hydrogen-bond acceptors (Lipinski definition) is 8. The number of rotatable bonds is 7. The molecule has 1 unspecified atom stereocenters. The second-order valence-corrected chi connectivity index (χ2v) is 8.64. The van der Waals surface area contributed by atoms with E-state index in [2.05, 4.69) is 20.3 Å². The number of pyridine rings is 2. The Kier molecular flexibility index (Phi) is 7.18. The summed E-state index contributed by atoms with van der Waals surface area (Å²) in [6.45, 7) is 2.23. The van der Waals surface area contributed by atoms with E-state index in [-0.39, 0.29) is 59.6 Å². The number of carbonyl (C=O) groups is 3. The molecule has 4 rings (SSSR count). The molecule has 2 amide bonds. The summed E-state index contributed by atoms with van der Waals surface area (Å²) in [4.78, 5) is 52.3. The quantitative estimate of drug-likeness (QED) is 0.475. The van der Waals surface area contributed by atoms with Crippen molar-refractivity contribution in [3.63, 3.8) is 0 Å². The number of alkyl halides is 3. The fourth-order valence-corrected chi connectivity index (χ4v) is 3.95. The van der Waals surface area contributed by atoms with Gasteiger partial charge in [0.05, 0.1) is 24.1 Å². The highest BCUT2D eigenvalue weighted by Crippen LogP contribution is 2.33. The number of ketones is 1. The van der Waals surface area contributed by atoms with Crippen LogP contribution in [0.15, 0.2) is 36.8 Å². The van der Waals surface area contributed by atoms with Gasteiger partial charge in [0.2, 0.25) is 12.3 Å². The first kappa shape index (κ1) is 26.7. The molecule has 0 saturated heterocycles. The van der Waals surface area contributed by atoms with Crippen LogP contribution in [0.5, 0.6) is 0 Å². The lowest BCUT2D eigenvalue weighted by Crippen LogP contribution is -2.55. The Morgan fingerprint density at radius 1 is 1.18 bits per heavy atom. The van der Waals surface area contributed by atoms with Crippen molar-refractivity contribution in [2.24, 2.45) is 0 Å². The molecule has 11 nitrogen and oxygen atoms in total. The maximum atomic E-state index is 13.3. The maximum absolute atomic E-state index is 13.3. The maximum Gasteiger partial charge on any atom is 0.418 e. The molecular weight excluding hydrogens is 507 g/mol. The van der Waals surface area contributed by atoms with Gasteiger partial charge in [-0.15, -0.1) is 0 Å². The van der Waals surface area contributed by atoms with Gasteiger partial charge in [-0.1, -0.05) is 13.0 Å². The normalized spacial score (nSPS) is 15.4. The monoisotopic (exact) mass is 531 g/mol. The third kappa shape index (κ3) is 5.20. The number of aromatic nitrogens is 4. The van der Waals surface area contributed by atoms with Crippen LogP contribution in [0.1, 0.15) is 35.1 Å². The predicted molar refractivity (Wildman–Crippen MR) is 129 cm³/mol. The van der Waals surface area contributed by atoms with E-state index in [1.54, 1.807) is 6.92 Å². The second-order valence-electron chi connectivity index (χ2n) is 8.64. The van der Waals surface area contributed by atoms with Gasteiger partial charge < -0.3 is 19.9 Å². The molecule has 4 heterocycles. The minimum absolute atomic E-state index is 0.0176. The fraction of sp³-hybridized carbons (Fsp3) is 0.333. The van der Waals surface area contributed by atoms with Crippen molar-refractivity contribution >= 4 is 29.2 Å². The Balaban J connectivity index is 1.54. The van der Waals surface area contributed by atoms with Gasteiger partial charge in [0.25, 0.3) is 5.91 Å². The molecule has 0 radical (unpaired) electrons. The number of imidazole rings is 1. The van der Waals surface area contributed by atoms with Crippen LogP contribution >= 0.6 is 0 Å². The Hall–Kier alpha value is -4.33. The second kappa shape index (κ2) is 10.2. The summed E-state index contributed by atoms with van der Waals surface area (Å²) in [6, 6.07) is 5.41. The summed E-state index contributed by atoms with van der Waals surface area (Å²) in [7, 11) is 1.50. The molecule has 0 aromatic carbocycles. The van der Waals surface area contributed by atoms with Crippen molar-refractivity contribution in [2.45, 2.75) is 39.3 Å². The van der Waals surface area contributed by atoms with Gasteiger partial charge in [0.15, 0.2) is 17.3 Å². The number of aryl methyl sites for hydroxylation is 1. The number of anilines is 2. The number of halogens is 3. The standard InChI is InChI=1S/C24H24F3N7O4/c1-4-15(35)10-34-22(37)20-21(32(3)23(34)38)29-12-33(20)11-19(36)31-18-7-5-6-17(30-18)14-8-16(24(25,26)27)13(2)28-9-14/h5-9,12,23,38H,4,10-11H2,1-3H3,(H,30,31,36). The van der Waals surface area contributed by atoms with Crippen LogP contribution in [0.4, 0.5) is 24.8 Å². The van der Waals surface area contributed by atoms with Crippen LogP contribution in [0, 0.1) is 6.92 Å². The number of Topliss-reactive ketones (excluding diaryl/α,β-unsaturated/α-hetero) is 1. The number of amides is 2. The van der Waals surface area contributed by atoms with E-state index < -0.39 is 29.9 Å². The van der Waals surface area contributed by atoms with Crippen LogP contribution in [0.25, 0.3) is 11.3 Å². The van der Waals surface area contributed by atoms with Gasteiger partial charge in [0.1, 0.15) is 12.4 Å². The highest BCUT2D eigenvalue weighted by Gasteiger charge is 2.39. The van der Waals surface area contributed by atoms with E-state index in [0.717, 1.165) is 11.0 Å². The van der Waals surface area contributed by atoms with Crippen molar-refractivity contribution in [2.75, 3.05) is 23.8 Å². The average Bonchev–Trinajstić information content (AvgIpc) is 3.28. The number of hydrogen-bond donors (Lipinski definition) is 2. The third-order valence-electron chi connectivity index (χ3n) is 6.00. The van der Waals surface area contributed by atoms with Gasteiger partial charge in [-0.3, -0.25) is 24.3 Å². The number of nitrogens with one attached hydrogen (secondary N) is 1. The zero-order valence-corrected chi connectivity index (χ0v) is 20.7. The zero-order chi connectivity index (χ0) is 27.8. The van der Waals surface area contributed by atoms with Crippen molar-refractivity contribution in [3.8, 4) is 11.3 Å². The van der Waals surface area contributed by atoms with E-state index in [9.17, 15) is 32.7 Å². The van der Waals surface area contributed by atoms with Crippen molar-refractivity contribution in [1.82, 2.24) is 24.4 Å². The van der Waals surface area contributed by atoms with Crippen molar-refractivity contribution < 1.29 is 32.7 Å². The van der Waals surface area contributed by atoms with Crippen LogP contribution in [0.3, 0.4) is 0 Å². The minimum atomic E-state index is -4.58. The summed E-state index contributed by atoms with van der Waals surface area (Å²) in [6.07, 6.45) is -3.27. The largest absolute Gasteiger partial charge is 0.418 e. The molecule has 1 atom stereocenters. The summed E-state index contributed by atoms with van der Waals surface area (Å²) < 4.78 is 41.1. The summed E-state index contributed by atoms with van der Waals surface area (Å²) >= 11 is 0. The molecule has 200 valence electrons. The number of carbonyl (C=O) groups excluding carboxylic acids is 3. The molecule has 3 aromatic rings.